The molecule has 0 amide bonds. The summed E-state index contributed by atoms with van der Waals surface area (Å²) in [6.07, 6.45) is 0. The molecule has 0 heterocycles. The van der Waals surface area contributed by atoms with Crippen molar-refractivity contribution >= 4 is 79.6 Å². The number of hydrogen-bond acceptors (Lipinski definition) is 3. The van der Waals surface area contributed by atoms with Gasteiger partial charge in [-0.15, -0.1) is 11.6 Å². The van der Waals surface area contributed by atoms with Crippen molar-refractivity contribution in [2.24, 2.45) is 0 Å². The Morgan fingerprint density at radius 2 is 1.29 bits per heavy atom. The molecule has 0 atom stereocenters. The number of sulfonamides is 1. The lowest BCUT2D eigenvalue weighted by Crippen LogP contribution is -2.22. The summed E-state index contributed by atoms with van der Waals surface area (Å²) in [5.41, 5.74) is 0. The molecule has 0 fully saturated rings. The predicted octanol–water partition coefficient (Wildman–Crippen LogP) is 6.22. The van der Waals surface area contributed by atoms with Gasteiger partial charge < -0.3 is 4.74 Å². The molecule has 0 unspecified atom stereocenters. The Kier molecular flexibility index (Phi) is 6.79. The maximum atomic E-state index is 12.3. The molecule has 0 aliphatic rings. The van der Waals surface area contributed by atoms with Crippen molar-refractivity contribution in [1.29, 1.82) is 0 Å². The zero-order valence-corrected chi connectivity index (χ0v) is 16.8. The quantitative estimate of drug-likeness (QED) is 0.321. The van der Waals surface area contributed by atoms with Gasteiger partial charge in [0.05, 0.1) is 31.1 Å². The standard InChI is InChI=1S/C13H7Cl6NO3S/c14-5-20-24(21,22)13-4-9(18)8(17)3-12(13)23-11-2-7(16)6(15)1-10(11)19/h1-4,20H,5H2. The molecule has 0 saturated heterocycles. The van der Waals surface area contributed by atoms with Crippen molar-refractivity contribution in [3.05, 3.63) is 49.4 Å². The topological polar surface area (TPSA) is 55.4 Å². The maximum Gasteiger partial charge on any atom is 0.245 e. The Balaban J connectivity index is 2.58. The molecule has 2 rings (SSSR count). The molecule has 4 nitrogen and oxygen atoms in total. The molecule has 24 heavy (non-hydrogen) atoms. The minimum Gasteiger partial charge on any atom is -0.454 e. The second-order valence-corrected chi connectivity index (χ2v) is 8.33. The Hall–Kier alpha value is -0.110. The van der Waals surface area contributed by atoms with E-state index < -0.39 is 10.0 Å². The molecule has 0 aliphatic heterocycles. The lowest BCUT2D eigenvalue weighted by molar-refractivity contribution is 0.467. The van der Waals surface area contributed by atoms with E-state index in [2.05, 4.69) is 4.72 Å². The lowest BCUT2D eigenvalue weighted by Gasteiger charge is -2.14. The zero-order chi connectivity index (χ0) is 18.1. The van der Waals surface area contributed by atoms with Gasteiger partial charge in [-0.1, -0.05) is 58.0 Å². The van der Waals surface area contributed by atoms with Gasteiger partial charge in [-0.3, -0.25) is 0 Å². The van der Waals surface area contributed by atoms with E-state index in [4.69, 9.17) is 74.3 Å². The fourth-order valence-electron chi connectivity index (χ4n) is 1.65. The summed E-state index contributed by atoms with van der Waals surface area (Å²) in [4.78, 5) is -0.264. The monoisotopic (exact) mass is 467 g/mol. The molecule has 130 valence electrons. The third-order valence-corrected chi connectivity index (χ3v) is 6.17. The summed E-state index contributed by atoms with van der Waals surface area (Å²) >= 11 is 35.1. The second-order valence-electron chi connectivity index (χ2n) is 4.29. The zero-order valence-electron chi connectivity index (χ0n) is 11.4. The van der Waals surface area contributed by atoms with Gasteiger partial charge >= 0.3 is 0 Å². The number of halogens is 6. The SMILES string of the molecule is O=S(=O)(NCCl)c1cc(Cl)c(Cl)cc1Oc1cc(Cl)c(Cl)cc1Cl. The van der Waals surface area contributed by atoms with Gasteiger partial charge in [0.25, 0.3) is 0 Å². The van der Waals surface area contributed by atoms with E-state index in [1.54, 1.807) is 0 Å². The van der Waals surface area contributed by atoms with Gasteiger partial charge in [-0.05, 0) is 12.1 Å². The first-order valence-corrected chi connectivity index (χ1v) is 9.93. The summed E-state index contributed by atoms with van der Waals surface area (Å²) in [6, 6.07) is 4.75. The minimum absolute atomic E-state index is 0.0270. The summed E-state index contributed by atoms with van der Waals surface area (Å²) in [7, 11) is -3.98. The van der Waals surface area contributed by atoms with Crippen molar-refractivity contribution in [2.45, 2.75) is 4.90 Å². The molecular weight excluding hydrogens is 463 g/mol. The molecule has 0 bridgehead atoms. The predicted molar refractivity (Wildman–Crippen MR) is 99.0 cm³/mol. The van der Waals surface area contributed by atoms with E-state index in [0.717, 1.165) is 6.07 Å². The van der Waals surface area contributed by atoms with Gasteiger partial charge in [-0.25, -0.2) is 8.42 Å². The van der Waals surface area contributed by atoms with Gasteiger partial charge in [0, 0.05) is 12.1 Å². The molecular formula is C13H7Cl6NO3S. The number of alkyl halides is 1. The van der Waals surface area contributed by atoms with E-state index in [9.17, 15) is 8.42 Å². The highest BCUT2D eigenvalue weighted by atomic mass is 35.5. The molecule has 0 radical (unpaired) electrons. The van der Waals surface area contributed by atoms with Crippen molar-refractivity contribution < 1.29 is 13.2 Å². The smallest absolute Gasteiger partial charge is 0.245 e. The van der Waals surface area contributed by atoms with Crippen LogP contribution in [0.2, 0.25) is 25.1 Å². The first kappa shape index (κ1) is 20.2. The Labute approximate surface area is 168 Å². The fourth-order valence-corrected chi connectivity index (χ4v) is 3.98. The maximum absolute atomic E-state index is 12.3. The van der Waals surface area contributed by atoms with Crippen molar-refractivity contribution in [3.63, 3.8) is 0 Å². The highest BCUT2D eigenvalue weighted by molar-refractivity contribution is 7.89. The number of ether oxygens (including phenoxy) is 1. The van der Waals surface area contributed by atoms with Gasteiger partial charge in [0.1, 0.15) is 16.4 Å². The summed E-state index contributed by atoms with van der Waals surface area (Å²) in [5.74, 6) is -0.0194. The van der Waals surface area contributed by atoms with Crippen LogP contribution in [-0.4, -0.2) is 14.4 Å². The largest absolute Gasteiger partial charge is 0.454 e. The van der Waals surface area contributed by atoms with Crippen LogP contribution in [0.1, 0.15) is 0 Å². The van der Waals surface area contributed by atoms with Crippen LogP contribution < -0.4 is 9.46 Å². The van der Waals surface area contributed by atoms with Crippen molar-refractivity contribution in [3.8, 4) is 11.5 Å². The third kappa shape index (κ3) is 4.54. The second kappa shape index (κ2) is 8.06. The van der Waals surface area contributed by atoms with Crippen LogP contribution in [0.3, 0.4) is 0 Å². The van der Waals surface area contributed by atoms with E-state index in [1.807, 2.05) is 0 Å². The average Bonchev–Trinajstić information content (AvgIpc) is 2.48. The molecule has 11 heteroatoms. The Bertz CT molecular complexity index is 888. The highest BCUT2D eigenvalue weighted by Crippen LogP contribution is 2.40. The van der Waals surface area contributed by atoms with Gasteiger partial charge in [-0.2, -0.15) is 4.72 Å². The van der Waals surface area contributed by atoms with Crippen LogP contribution in [0.25, 0.3) is 0 Å². The van der Waals surface area contributed by atoms with Crippen LogP contribution in [0.5, 0.6) is 11.5 Å². The lowest BCUT2D eigenvalue weighted by atomic mass is 10.3. The first-order chi connectivity index (χ1) is 11.2. The third-order valence-electron chi connectivity index (χ3n) is 2.72. The van der Waals surface area contributed by atoms with Crippen LogP contribution in [0, 0.1) is 0 Å². The number of benzene rings is 2. The van der Waals surface area contributed by atoms with Crippen molar-refractivity contribution in [1.82, 2.24) is 4.72 Å². The van der Waals surface area contributed by atoms with Crippen molar-refractivity contribution in [2.75, 3.05) is 6.00 Å². The molecule has 1 N–H and O–H groups in total. The Morgan fingerprint density at radius 1 is 0.792 bits per heavy atom. The molecule has 0 aliphatic carbocycles. The van der Waals surface area contributed by atoms with E-state index in [1.165, 1.54) is 18.2 Å². The summed E-state index contributed by atoms with van der Waals surface area (Å²) in [6.45, 7) is 0. The first-order valence-electron chi connectivity index (χ1n) is 6.02. The molecule has 0 aromatic heterocycles. The minimum atomic E-state index is -3.98. The number of nitrogens with one attached hydrogen (secondary N) is 1. The van der Waals surface area contributed by atoms with Gasteiger partial charge in [0.15, 0.2) is 0 Å². The molecule has 2 aromatic rings. The number of rotatable bonds is 5. The van der Waals surface area contributed by atoms with E-state index in [-0.39, 0.29) is 47.5 Å². The normalized spacial score (nSPS) is 11.6. The van der Waals surface area contributed by atoms with Crippen LogP contribution in [0.4, 0.5) is 0 Å². The van der Waals surface area contributed by atoms with Crippen LogP contribution >= 0.6 is 69.6 Å². The van der Waals surface area contributed by atoms with E-state index >= 15 is 0 Å². The molecule has 0 spiro atoms. The van der Waals surface area contributed by atoms with E-state index in [0.29, 0.717) is 0 Å². The fraction of sp³-hybridized carbons (Fsp3) is 0.0769. The molecule has 0 saturated carbocycles. The van der Waals surface area contributed by atoms with Crippen LogP contribution in [0.15, 0.2) is 29.2 Å². The molecule has 2 aromatic carbocycles. The summed E-state index contributed by atoms with van der Waals surface area (Å²) in [5, 5.41) is 0.648. The Morgan fingerprint density at radius 3 is 1.88 bits per heavy atom. The average molecular weight is 470 g/mol. The summed E-state index contributed by atoms with van der Waals surface area (Å²) < 4.78 is 32.2. The number of hydrogen-bond donors (Lipinski definition) is 1. The van der Waals surface area contributed by atoms with Crippen LogP contribution in [-0.2, 0) is 10.0 Å². The van der Waals surface area contributed by atoms with Gasteiger partial charge in [0.2, 0.25) is 10.0 Å². The highest BCUT2D eigenvalue weighted by Gasteiger charge is 2.23.